The molecule has 0 aliphatic heterocycles. The van der Waals surface area contributed by atoms with Gasteiger partial charge < -0.3 is 4.74 Å². The minimum atomic E-state index is -0.611. The molecule has 1 aromatic carbocycles. The van der Waals surface area contributed by atoms with E-state index >= 15 is 0 Å². The van der Waals surface area contributed by atoms with Crippen LogP contribution in [0.5, 0.6) is 0 Å². The zero-order valence-electron chi connectivity index (χ0n) is 11.5. The molecule has 106 valence electrons. The summed E-state index contributed by atoms with van der Waals surface area (Å²) in [6.45, 7) is 6.88. The van der Waals surface area contributed by atoms with Crippen molar-refractivity contribution < 1.29 is 18.8 Å². The third-order valence-corrected chi connectivity index (χ3v) is 2.28. The number of hydrogen-bond donors (Lipinski definition) is 2. The lowest BCUT2D eigenvalue weighted by atomic mass is 10.1. The Hall–Kier alpha value is -1.66. The molecule has 6 heteroatoms. The maximum Gasteiger partial charge on any atom is 0.412 e. The average Bonchev–Trinajstić information content (AvgIpc) is 2.28. The number of carbonyl (C=O) groups excluding carboxylic acids is 1. The van der Waals surface area contributed by atoms with Gasteiger partial charge in [-0.25, -0.2) is 15.1 Å². The Morgan fingerprint density at radius 2 is 2.05 bits per heavy atom. The first-order chi connectivity index (χ1) is 8.73. The Labute approximate surface area is 111 Å². The molecule has 0 aromatic heterocycles. The second kappa shape index (κ2) is 5.99. The summed E-state index contributed by atoms with van der Waals surface area (Å²) in [5.74, 6) is 4.58. The van der Waals surface area contributed by atoms with Gasteiger partial charge in [0.05, 0.1) is 0 Å². The molecule has 3 N–H and O–H groups in total. The summed E-state index contributed by atoms with van der Waals surface area (Å²) in [6.07, 6.45) is -1.22. The molecule has 1 aromatic rings. The van der Waals surface area contributed by atoms with Gasteiger partial charge in [-0.2, -0.15) is 0 Å². The number of carbonyl (C=O) groups is 1. The lowest BCUT2D eigenvalue weighted by molar-refractivity contribution is 0.0626. The number of rotatable bonds is 3. The molecule has 0 saturated heterocycles. The minimum absolute atomic E-state index is 0.260. The largest absolute Gasteiger partial charge is 0.444 e. The molecule has 1 atom stereocenters. The van der Waals surface area contributed by atoms with Crippen molar-refractivity contribution in [2.24, 2.45) is 5.90 Å². The van der Waals surface area contributed by atoms with Crippen molar-refractivity contribution >= 4 is 11.8 Å². The number of amides is 1. The molecule has 0 saturated carbocycles. The van der Waals surface area contributed by atoms with Crippen LogP contribution in [-0.2, 0) is 9.57 Å². The van der Waals surface area contributed by atoms with Gasteiger partial charge in [-0.15, -0.1) is 0 Å². The normalized spacial score (nSPS) is 12.9. The zero-order valence-corrected chi connectivity index (χ0v) is 11.5. The van der Waals surface area contributed by atoms with Crippen molar-refractivity contribution in [1.29, 1.82) is 0 Å². The summed E-state index contributed by atoms with van der Waals surface area (Å²) in [5.41, 5.74) is 0.0752. The number of benzene rings is 1. The summed E-state index contributed by atoms with van der Waals surface area (Å²) in [7, 11) is 0. The third kappa shape index (κ3) is 4.84. The summed E-state index contributed by atoms with van der Waals surface area (Å²) >= 11 is 0. The van der Waals surface area contributed by atoms with Crippen molar-refractivity contribution in [3.05, 3.63) is 29.6 Å². The molecule has 19 heavy (non-hydrogen) atoms. The molecule has 0 radical (unpaired) electrons. The number of nitrogens with one attached hydrogen (secondary N) is 1. The summed E-state index contributed by atoms with van der Waals surface area (Å²) in [6, 6.07) is 4.13. The van der Waals surface area contributed by atoms with Gasteiger partial charge in [0.1, 0.15) is 17.5 Å². The highest BCUT2D eigenvalue weighted by atomic mass is 19.1. The predicted molar refractivity (Wildman–Crippen MR) is 69.9 cm³/mol. The van der Waals surface area contributed by atoms with Crippen molar-refractivity contribution in [3.63, 3.8) is 0 Å². The van der Waals surface area contributed by atoms with E-state index in [1.807, 2.05) is 0 Å². The Morgan fingerprint density at radius 1 is 1.42 bits per heavy atom. The molecule has 1 amide bonds. The van der Waals surface area contributed by atoms with E-state index < -0.39 is 23.6 Å². The van der Waals surface area contributed by atoms with E-state index in [1.54, 1.807) is 27.7 Å². The van der Waals surface area contributed by atoms with Crippen LogP contribution in [0.1, 0.15) is 39.4 Å². The van der Waals surface area contributed by atoms with Gasteiger partial charge in [-0.05, 0) is 45.9 Å². The van der Waals surface area contributed by atoms with E-state index in [1.165, 1.54) is 18.2 Å². The topological polar surface area (TPSA) is 73.6 Å². The van der Waals surface area contributed by atoms with E-state index in [-0.39, 0.29) is 5.56 Å². The molecule has 0 aliphatic rings. The first kappa shape index (κ1) is 15.4. The van der Waals surface area contributed by atoms with Gasteiger partial charge in [0.25, 0.3) is 0 Å². The standard InChI is InChI=1S/C13H19FN2O3/c1-8(19-15)10-7-9(5-6-11(10)14)16-12(17)18-13(2,3)4/h5-8H,15H2,1-4H3,(H,16,17). The van der Waals surface area contributed by atoms with Gasteiger partial charge in [0.15, 0.2) is 0 Å². The molecule has 0 heterocycles. The molecule has 1 unspecified atom stereocenters. The van der Waals surface area contributed by atoms with E-state index in [2.05, 4.69) is 10.2 Å². The molecule has 0 spiro atoms. The third-order valence-electron chi connectivity index (χ3n) is 2.28. The van der Waals surface area contributed by atoms with Crippen LogP contribution < -0.4 is 11.2 Å². The van der Waals surface area contributed by atoms with E-state index in [0.717, 1.165) is 0 Å². The fraction of sp³-hybridized carbons (Fsp3) is 0.462. The molecule has 0 aliphatic carbocycles. The Kier molecular flexibility index (Phi) is 4.85. The molecule has 0 fully saturated rings. The van der Waals surface area contributed by atoms with Crippen molar-refractivity contribution in [1.82, 2.24) is 0 Å². The van der Waals surface area contributed by atoms with Gasteiger partial charge >= 0.3 is 6.09 Å². The van der Waals surface area contributed by atoms with Gasteiger partial charge in [-0.1, -0.05) is 0 Å². The number of nitrogens with two attached hydrogens (primary N) is 1. The molecule has 1 rings (SSSR count). The van der Waals surface area contributed by atoms with Crippen LogP contribution in [0, 0.1) is 5.82 Å². The number of halogens is 1. The minimum Gasteiger partial charge on any atom is -0.444 e. The lowest BCUT2D eigenvalue weighted by Gasteiger charge is -2.20. The van der Waals surface area contributed by atoms with E-state index in [9.17, 15) is 9.18 Å². The lowest BCUT2D eigenvalue weighted by Crippen LogP contribution is -2.27. The highest BCUT2D eigenvalue weighted by molar-refractivity contribution is 5.84. The predicted octanol–water partition coefficient (Wildman–Crippen LogP) is 3.12. The first-order valence-corrected chi connectivity index (χ1v) is 5.88. The second-order valence-electron chi connectivity index (χ2n) is 5.14. The molecule has 5 nitrogen and oxygen atoms in total. The fourth-order valence-corrected chi connectivity index (χ4v) is 1.43. The van der Waals surface area contributed by atoms with E-state index in [0.29, 0.717) is 5.69 Å². The Balaban J connectivity index is 2.83. The van der Waals surface area contributed by atoms with Crippen LogP contribution in [0.2, 0.25) is 0 Å². The Bertz CT molecular complexity index is 458. The van der Waals surface area contributed by atoms with Crippen molar-refractivity contribution in [3.8, 4) is 0 Å². The highest BCUT2D eigenvalue weighted by Crippen LogP contribution is 2.23. The average molecular weight is 270 g/mol. The van der Waals surface area contributed by atoms with Crippen LogP contribution in [0.3, 0.4) is 0 Å². The number of hydrogen-bond acceptors (Lipinski definition) is 4. The summed E-state index contributed by atoms with van der Waals surface area (Å²) < 4.78 is 18.6. The SMILES string of the molecule is CC(ON)c1cc(NC(=O)OC(C)(C)C)ccc1F. The van der Waals surface area contributed by atoms with Crippen LogP contribution in [0.25, 0.3) is 0 Å². The van der Waals surface area contributed by atoms with Gasteiger partial charge in [-0.3, -0.25) is 10.2 Å². The molecule has 0 bridgehead atoms. The summed E-state index contributed by atoms with van der Waals surface area (Å²) in [4.78, 5) is 16.2. The van der Waals surface area contributed by atoms with Gasteiger partial charge in [0, 0.05) is 11.3 Å². The van der Waals surface area contributed by atoms with Crippen LogP contribution in [0.15, 0.2) is 18.2 Å². The van der Waals surface area contributed by atoms with Gasteiger partial charge in [0.2, 0.25) is 0 Å². The number of ether oxygens (including phenoxy) is 1. The summed E-state index contributed by atoms with van der Waals surface area (Å²) in [5, 5.41) is 2.52. The van der Waals surface area contributed by atoms with Crippen LogP contribution in [-0.4, -0.2) is 11.7 Å². The van der Waals surface area contributed by atoms with Crippen molar-refractivity contribution in [2.45, 2.75) is 39.4 Å². The van der Waals surface area contributed by atoms with Crippen LogP contribution >= 0.6 is 0 Å². The second-order valence-corrected chi connectivity index (χ2v) is 5.14. The smallest absolute Gasteiger partial charge is 0.412 e. The fourth-order valence-electron chi connectivity index (χ4n) is 1.43. The maximum atomic E-state index is 13.5. The quantitative estimate of drug-likeness (QED) is 0.827. The molecular weight excluding hydrogens is 251 g/mol. The van der Waals surface area contributed by atoms with Crippen LogP contribution in [0.4, 0.5) is 14.9 Å². The highest BCUT2D eigenvalue weighted by Gasteiger charge is 2.17. The molecular formula is C13H19FN2O3. The number of anilines is 1. The van der Waals surface area contributed by atoms with E-state index in [4.69, 9.17) is 10.6 Å². The van der Waals surface area contributed by atoms with Crippen molar-refractivity contribution in [2.75, 3.05) is 5.32 Å². The monoisotopic (exact) mass is 270 g/mol. The zero-order chi connectivity index (χ0) is 14.6. The Morgan fingerprint density at radius 3 is 2.58 bits per heavy atom. The maximum absolute atomic E-state index is 13.5. The first-order valence-electron chi connectivity index (χ1n) is 5.88.